The van der Waals surface area contributed by atoms with Crippen LogP contribution in [0.2, 0.25) is 0 Å². The van der Waals surface area contributed by atoms with Crippen molar-refractivity contribution in [3.8, 4) is 16.9 Å². The van der Waals surface area contributed by atoms with E-state index in [2.05, 4.69) is 29.4 Å². The van der Waals surface area contributed by atoms with Gasteiger partial charge in [0.1, 0.15) is 12.4 Å². The van der Waals surface area contributed by atoms with E-state index in [1.54, 1.807) is 13.3 Å². The molecule has 0 fully saturated rings. The SMILES string of the molecule is COc1ccc(C=NOCc2ccccc2-c2ccccc2)cc1. The molecule has 3 rings (SSSR count). The zero-order valence-corrected chi connectivity index (χ0v) is 13.6. The Morgan fingerprint density at radius 1 is 0.833 bits per heavy atom. The molecule has 0 atom stereocenters. The lowest BCUT2D eigenvalue weighted by Crippen LogP contribution is -1.92. The highest BCUT2D eigenvalue weighted by Gasteiger charge is 2.04. The van der Waals surface area contributed by atoms with Crippen LogP contribution in [0, 0.1) is 0 Å². The molecule has 0 aliphatic heterocycles. The van der Waals surface area contributed by atoms with Gasteiger partial charge in [0.25, 0.3) is 0 Å². The molecule has 3 aromatic carbocycles. The molecule has 0 radical (unpaired) electrons. The molecule has 3 nitrogen and oxygen atoms in total. The fourth-order valence-corrected chi connectivity index (χ4v) is 2.44. The summed E-state index contributed by atoms with van der Waals surface area (Å²) >= 11 is 0. The van der Waals surface area contributed by atoms with E-state index in [9.17, 15) is 0 Å². The molecule has 0 spiro atoms. The van der Waals surface area contributed by atoms with Gasteiger partial charge < -0.3 is 9.57 Å². The van der Waals surface area contributed by atoms with Crippen LogP contribution in [-0.4, -0.2) is 13.3 Å². The van der Waals surface area contributed by atoms with Gasteiger partial charge in [0.15, 0.2) is 0 Å². The van der Waals surface area contributed by atoms with Gasteiger partial charge in [-0.2, -0.15) is 0 Å². The summed E-state index contributed by atoms with van der Waals surface area (Å²) in [4.78, 5) is 5.48. The first-order chi connectivity index (χ1) is 11.9. The summed E-state index contributed by atoms with van der Waals surface area (Å²) in [6.07, 6.45) is 1.70. The molecule has 0 aliphatic rings. The first kappa shape index (κ1) is 15.8. The van der Waals surface area contributed by atoms with Crippen molar-refractivity contribution in [2.24, 2.45) is 5.16 Å². The molecule has 24 heavy (non-hydrogen) atoms. The Hall–Kier alpha value is -3.07. The van der Waals surface area contributed by atoms with Crippen LogP contribution in [0.4, 0.5) is 0 Å². The zero-order chi connectivity index (χ0) is 16.6. The molecule has 0 aliphatic carbocycles. The van der Waals surface area contributed by atoms with Crippen LogP contribution in [0.1, 0.15) is 11.1 Å². The summed E-state index contributed by atoms with van der Waals surface area (Å²) in [5.41, 5.74) is 4.41. The minimum Gasteiger partial charge on any atom is -0.497 e. The van der Waals surface area contributed by atoms with Crippen LogP contribution in [0.15, 0.2) is 84.0 Å². The second-order valence-corrected chi connectivity index (χ2v) is 5.30. The monoisotopic (exact) mass is 317 g/mol. The maximum absolute atomic E-state index is 5.48. The highest BCUT2D eigenvalue weighted by molar-refractivity contribution is 5.79. The predicted octanol–water partition coefficient (Wildman–Crippen LogP) is 4.91. The maximum atomic E-state index is 5.48. The van der Waals surface area contributed by atoms with Crippen molar-refractivity contribution in [2.45, 2.75) is 6.61 Å². The molecular weight excluding hydrogens is 298 g/mol. The quantitative estimate of drug-likeness (QED) is 0.477. The fourth-order valence-electron chi connectivity index (χ4n) is 2.44. The second kappa shape index (κ2) is 7.97. The smallest absolute Gasteiger partial charge is 0.142 e. The van der Waals surface area contributed by atoms with E-state index in [0.717, 1.165) is 22.4 Å². The Kier molecular flexibility index (Phi) is 5.25. The first-order valence-corrected chi connectivity index (χ1v) is 7.79. The van der Waals surface area contributed by atoms with Crippen LogP contribution in [0.25, 0.3) is 11.1 Å². The third kappa shape index (κ3) is 4.02. The van der Waals surface area contributed by atoms with Crippen molar-refractivity contribution < 1.29 is 9.57 Å². The number of rotatable bonds is 6. The Balaban J connectivity index is 1.65. The van der Waals surface area contributed by atoms with E-state index in [4.69, 9.17) is 9.57 Å². The third-order valence-corrected chi connectivity index (χ3v) is 3.71. The summed E-state index contributed by atoms with van der Waals surface area (Å²) in [6.45, 7) is 0.428. The Morgan fingerprint density at radius 3 is 2.29 bits per heavy atom. The number of oxime groups is 1. The highest BCUT2D eigenvalue weighted by Crippen LogP contribution is 2.23. The van der Waals surface area contributed by atoms with Gasteiger partial charge in [-0.3, -0.25) is 0 Å². The lowest BCUT2D eigenvalue weighted by molar-refractivity contribution is 0.132. The zero-order valence-electron chi connectivity index (χ0n) is 13.6. The Morgan fingerprint density at radius 2 is 1.54 bits per heavy atom. The minimum atomic E-state index is 0.428. The molecule has 0 aromatic heterocycles. The van der Waals surface area contributed by atoms with Crippen molar-refractivity contribution in [3.63, 3.8) is 0 Å². The van der Waals surface area contributed by atoms with E-state index in [-0.39, 0.29) is 0 Å². The predicted molar refractivity (Wildman–Crippen MR) is 97.3 cm³/mol. The molecule has 0 heterocycles. The van der Waals surface area contributed by atoms with Crippen molar-refractivity contribution in [2.75, 3.05) is 7.11 Å². The van der Waals surface area contributed by atoms with Gasteiger partial charge in [-0.25, -0.2) is 0 Å². The highest BCUT2D eigenvalue weighted by atomic mass is 16.6. The van der Waals surface area contributed by atoms with Crippen molar-refractivity contribution in [1.82, 2.24) is 0 Å². The van der Waals surface area contributed by atoms with E-state index in [1.807, 2.05) is 54.6 Å². The molecular formula is C21H19NO2. The molecule has 0 N–H and O–H groups in total. The van der Waals surface area contributed by atoms with E-state index >= 15 is 0 Å². The maximum Gasteiger partial charge on any atom is 0.142 e. The molecule has 120 valence electrons. The van der Waals surface area contributed by atoms with Crippen molar-refractivity contribution >= 4 is 6.21 Å². The molecule has 0 unspecified atom stereocenters. The number of methoxy groups -OCH3 is 1. The number of hydrogen-bond acceptors (Lipinski definition) is 3. The van der Waals surface area contributed by atoms with Gasteiger partial charge in [0.05, 0.1) is 13.3 Å². The Labute approximate surface area is 142 Å². The van der Waals surface area contributed by atoms with E-state index in [0.29, 0.717) is 6.61 Å². The minimum absolute atomic E-state index is 0.428. The van der Waals surface area contributed by atoms with E-state index in [1.165, 1.54) is 5.56 Å². The van der Waals surface area contributed by atoms with Gasteiger partial charge in [-0.1, -0.05) is 59.8 Å². The van der Waals surface area contributed by atoms with Crippen LogP contribution in [0.3, 0.4) is 0 Å². The van der Waals surface area contributed by atoms with Gasteiger partial charge in [0, 0.05) is 0 Å². The van der Waals surface area contributed by atoms with Crippen molar-refractivity contribution in [3.05, 3.63) is 90.0 Å². The Bertz CT molecular complexity index is 796. The van der Waals surface area contributed by atoms with Gasteiger partial charge in [-0.05, 0) is 46.5 Å². The third-order valence-electron chi connectivity index (χ3n) is 3.71. The van der Waals surface area contributed by atoms with Crippen LogP contribution in [-0.2, 0) is 11.4 Å². The van der Waals surface area contributed by atoms with Crippen LogP contribution < -0.4 is 4.74 Å². The summed E-state index contributed by atoms with van der Waals surface area (Å²) < 4.78 is 5.13. The van der Waals surface area contributed by atoms with Gasteiger partial charge >= 0.3 is 0 Å². The normalized spacial score (nSPS) is 10.7. The molecule has 0 bridgehead atoms. The van der Waals surface area contributed by atoms with Crippen molar-refractivity contribution in [1.29, 1.82) is 0 Å². The standard InChI is InChI=1S/C21H19NO2/c1-23-20-13-11-17(12-14-20)15-22-24-16-19-9-5-6-10-21(19)18-7-3-2-4-8-18/h2-15H,16H2,1H3. The largest absolute Gasteiger partial charge is 0.497 e. The topological polar surface area (TPSA) is 30.8 Å². The molecule has 3 heteroatoms. The number of ether oxygens (including phenoxy) is 1. The van der Waals surface area contributed by atoms with E-state index < -0.39 is 0 Å². The van der Waals surface area contributed by atoms with Crippen LogP contribution >= 0.6 is 0 Å². The lowest BCUT2D eigenvalue weighted by Gasteiger charge is -2.08. The van der Waals surface area contributed by atoms with Gasteiger partial charge in [0.2, 0.25) is 0 Å². The second-order valence-electron chi connectivity index (χ2n) is 5.30. The molecule has 0 amide bonds. The lowest BCUT2D eigenvalue weighted by atomic mass is 10.0. The summed E-state index contributed by atoms with van der Waals surface area (Å²) in [6, 6.07) is 26.1. The number of hydrogen-bond donors (Lipinski definition) is 0. The number of nitrogens with zero attached hydrogens (tertiary/aromatic N) is 1. The van der Waals surface area contributed by atoms with Gasteiger partial charge in [-0.15, -0.1) is 0 Å². The number of benzene rings is 3. The average molecular weight is 317 g/mol. The molecule has 0 saturated heterocycles. The summed E-state index contributed by atoms with van der Waals surface area (Å²) in [5.74, 6) is 0.824. The molecule has 0 saturated carbocycles. The molecule has 3 aromatic rings. The summed E-state index contributed by atoms with van der Waals surface area (Å²) in [5, 5.41) is 4.06. The fraction of sp³-hybridized carbons (Fsp3) is 0.0952. The summed E-state index contributed by atoms with van der Waals surface area (Å²) in [7, 11) is 1.65. The van der Waals surface area contributed by atoms with Crippen LogP contribution in [0.5, 0.6) is 5.75 Å². The average Bonchev–Trinajstić information content (AvgIpc) is 2.67. The first-order valence-electron chi connectivity index (χ1n) is 7.79.